The summed E-state index contributed by atoms with van der Waals surface area (Å²) >= 11 is 6.01. The van der Waals surface area contributed by atoms with Crippen molar-refractivity contribution in [1.82, 2.24) is 9.97 Å². The molecule has 3 aromatic rings. The average Bonchev–Trinajstić information content (AvgIpc) is 2.89. The summed E-state index contributed by atoms with van der Waals surface area (Å²) in [5.41, 5.74) is 2.54. The molecule has 0 spiro atoms. The fourth-order valence-corrected chi connectivity index (χ4v) is 2.34. The van der Waals surface area contributed by atoms with Crippen LogP contribution in [0.25, 0.3) is 22.6 Å². The van der Waals surface area contributed by atoms with E-state index in [-0.39, 0.29) is 5.88 Å². The zero-order valence-corrected chi connectivity index (χ0v) is 11.6. The summed E-state index contributed by atoms with van der Waals surface area (Å²) in [6, 6.07) is 11.0. The van der Waals surface area contributed by atoms with Crippen LogP contribution in [0.5, 0.6) is 5.88 Å². The van der Waals surface area contributed by atoms with Crippen LogP contribution in [0, 0.1) is 11.3 Å². The fourth-order valence-electron chi connectivity index (χ4n) is 2.16. The second kappa shape index (κ2) is 5.31. The van der Waals surface area contributed by atoms with E-state index >= 15 is 0 Å². The number of H-pyrrole nitrogens is 1. The van der Waals surface area contributed by atoms with Crippen LogP contribution in [0.4, 0.5) is 0 Å². The molecule has 5 heteroatoms. The molecule has 0 aliphatic rings. The number of allylic oxidation sites excluding steroid dienone is 1. The Morgan fingerprint density at radius 1 is 1.38 bits per heavy atom. The molecule has 2 heterocycles. The van der Waals surface area contributed by atoms with Gasteiger partial charge in [0, 0.05) is 39.4 Å². The quantitative estimate of drug-likeness (QED) is 0.702. The highest BCUT2D eigenvalue weighted by atomic mass is 35.5. The number of aromatic nitrogens is 2. The van der Waals surface area contributed by atoms with Gasteiger partial charge in [0.1, 0.15) is 0 Å². The number of nitrogens with one attached hydrogen (secondary N) is 1. The van der Waals surface area contributed by atoms with Crippen molar-refractivity contribution < 1.29 is 5.11 Å². The van der Waals surface area contributed by atoms with Crippen LogP contribution in [0.1, 0.15) is 11.1 Å². The highest BCUT2D eigenvalue weighted by Gasteiger charge is 2.10. The Hall–Kier alpha value is -2.77. The molecule has 0 bridgehead atoms. The molecular weight excluding hydrogens is 286 g/mol. The Bertz CT molecular complexity index is 890. The van der Waals surface area contributed by atoms with Crippen molar-refractivity contribution in [3.05, 3.63) is 58.9 Å². The molecule has 0 aliphatic heterocycles. The van der Waals surface area contributed by atoms with E-state index in [2.05, 4.69) is 16.0 Å². The number of aromatic amines is 1. The lowest BCUT2D eigenvalue weighted by atomic mass is 10.0. The number of aromatic hydroxyl groups is 1. The number of fused-ring (bicyclic) bond motifs is 1. The maximum atomic E-state index is 9.72. The third kappa shape index (κ3) is 2.47. The second-order valence-electron chi connectivity index (χ2n) is 4.48. The minimum Gasteiger partial charge on any atom is -0.493 e. The van der Waals surface area contributed by atoms with Crippen LogP contribution in [0.3, 0.4) is 0 Å². The number of nitriles is 1. The first-order valence-corrected chi connectivity index (χ1v) is 6.59. The van der Waals surface area contributed by atoms with Gasteiger partial charge in [-0.05, 0) is 36.4 Å². The molecule has 21 heavy (non-hydrogen) atoms. The molecule has 0 atom stereocenters. The van der Waals surface area contributed by atoms with Crippen molar-refractivity contribution >= 4 is 34.2 Å². The lowest BCUT2D eigenvalue weighted by Crippen LogP contribution is -1.83. The van der Waals surface area contributed by atoms with Crippen molar-refractivity contribution in [2.24, 2.45) is 0 Å². The maximum Gasteiger partial charge on any atom is 0.218 e. The normalized spacial score (nSPS) is 11.5. The standard InChI is InChI=1S/C16H10ClN3O/c17-12-3-4-15-13(7-12)14(9-20-15)11(8-18)6-10-2-1-5-19-16(10)21/h1-7,9,20H,(H,19,21). The van der Waals surface area contributed by atoms with E-state index in [0.29, 0.717) is 16.2 Å². The Balaban J connectivity index is 2.18. The molecule has 0 saturated heterocycles. The van der Waals surface area contributed by atoms with Crippen LogP contribution in [0.2, 0.25) is 5.02 Å². The van der Waals surface area contributed by atoms with Gasteiger partial charge in [-0.1, -0.05) is 11.6 Å². The van der Waals surface area contributed by atoms with Gasteiger partial charge in [0.25, 0.3) is 0 Å². The van der Waals surface area contributed by atoms with Crippen LogP contribution in [0.15, 0.2) is 42.7 Å². The Morgan fingerprint density at radius 3 is 3.00 bits per heavy atom. The van der Waals surface area contributed by atoms with Crippen LogP contribution < -0.4 is 0 Å². The largest absolute Gasteiger partial charge is 0.493 e. The van der Waals surface area contributed by atoms with Crippen LogP contribution >= 0.6 is 11.6 Å². The molecule has 0 unspecified atom stereocenters. The van der Waals surface area contributed by atoms with Crippen molar-refractivity contribution in [1.29, 1.82) is 5.26 Å². The number of benzene rings is 1. The molecule has 0 saturated carbocycles. The van der Waals surface area contributed by atoms with E-state index in [1.807, 2.05) is 6.07 Å². The third-order valence-electron chi connectivity index (χ3n) is 3.17. The molecule has 0 fully saturated rings. The molecule has 102 valence electrons. The lowest BCUT2D eigenvalue weighted by molar-refractivity contribution is 0.452. The second-order valence-corrected chi connectivity index (χ2v) is 4.91. The van der Waals surface area contributed by atoms with E-state index in [1.54, 1.807) is 36.5 Å². The first-order valence-electron chi connectivity index (χ1n) is 6.22. The van der Waals surface area contributed by atoms with Gasteiger partial charge in [-0.2, -0.15) is 5.26 Å². The SMILES string of the molecule is N#CC(=Cc1cccnc1O)c1c[nH]c2ccc(Cl)cc12. The van der Waals surface area contributed by atoms with E-state index in [4.69, 9.17) is 11.6 Å². The van der Waals surface area contributed by atoms with Crippen LogP contribution in [-0.4, -0.2) is 15.1 Å². The molecule has 2 N–H and O–H groups in total. The minimum absolute atomic E-state index is 0.108. The van der Waals surface area contributed by atoms with E-state index < -0.39 is 0 Å². The Morgan fingerprint density at radius 2 is 2.24 bits per heavy atom. The van der Waals surface area contributed by atoms with Crippen molar-refractivity contribution in [2.75, 3.05) is 0 Å². The van der Waals surface area contributed by atoms with Crippen molar-refractivity contribution in [3.63, 3.8) is 0 Å². The smallest absolute Gasteiger partial charge is 0.218 e. The van der Waals surface area contributed by atoms with Gasteiger partial charge in [-0.15, -0.1) is 0 Å². The average molecular weight is 296 g/mol. The van der Waals surface area contributed by atoms with Gasteiger partial charge < -0.3 is 10.1 Å². The fraction of sp³-hybridized carbons (Fsp3) is 0. The zero-order chi connectivity index (χ0) is 14.8. The zero-order valence-electron chi connectivity index (χ0n) is 10.8. The molecule has 1 aromatic carbocycles. The Labute approximate surface area is 125 Å². The molecule has 0 amide bonds. The summed E-state index contributed by atoms with van der Waals surface area (Å²) < 4.78 is 0. The molecule has 0 radical (unpaired) electrons. The number of rotatable bonds is 2. The van der Waals surface area contributed by atoms with Gasteiger partial charge >= 0.3 is 0 Å². The third-order valence-corrected chi connectivity index (χ3v) is 3.41. The van der Waals surface area contributed by atoms with Gasteiger partial charge in [-0.25, -0.2) is 4.98 Å². The highest BCUT2D eigenvalue weighted by Crippen LogP contribution is 2.29. The summed E-state index contributed by atoms with van der Waals surface area (Å²) in [4.78, 5) is 6.90. The molecule has 4 nitrogen and oxygen atoms in total. The Kier molecular flexibility index (Phi) is 3.35. The number of nitrogens with zero attached hydrogens (tertiary/aromatic N) is 2. The van der Waals surface area contributed by atoms with Gasteiger partial charge in [0.05, 0.1) is 11.6 Å². The summed E-state index contributed by atoms with van der Waals surface area (Å²) in [6.07, 6.45) is 4.85. The van der Waals surface area contributed by atoms with Gasteiger partial charge in [0.15, 0.2) is 0 Å². The summed E-state index contributed by atoms with van der Waals surface area (Å²) in [5, 5.41) is 20.6. The monoisotopic (exact) mass is 295 g/mol. The molecule has 2 aromatic heterocycles. The number of pyridine rings is 1. The first kappa shape index (κ1) is 13.2. The number of halogens is 1. The van der Waals surface area contributed by atoms with E-state index in [0.717, 1.165) is 16.5 Å². The lowest BCUT2D eigenvalue weighted by Gasteiger charge is -2.00. The summed E-state index contributed by atoms with van der Waals surface area (Å²) in [7, 11) is 0. The summed E-state index contributed by atoms with van der Waals surface area (Å²) in [5.74, 6) is -0.108. The van der Waals surface area contributed by atoms with E-state index in [9.17, 15) is 10.4 Å². The molecule has 3 rings (SSSR count). The van der Waals surface area contributed by atoms with Crippen LogP contribution in [-0.2, 0) is 0 Å². The summed E-state index contributed by atoms with van der Waals surface area (Å²) in [6.45, 7) is 0. The predicted molar refractivity (Wildman–Crippen MR) is 82.7 cm³/mol. The number of hydrogen-bond acceptors (Lipinski definition) is 3. The topological polar surface area (TPSA) is 72.7 Å². The number of hydrogen-bond donors (Lipinski definition) is 2. The van der Waals surface area contributed by atoms with Gasteiger partial charge in [-0.3, -0.25) is 0 Å². The highest BCUT2D eigenvalue weighted by molar-refractivity contribution is 6.31. The molecule has 0 aliphatic carbocycles. The first-order chi connectivity index (χ1) is 10.2. The van der Waals surface area contributed by atoms with E-state index in [1.165, 1.54) is 6.20 Å². The maximum absolute atomic E-state index is 9.72. The van der Waals surface area contributed by atoms with Gasteiger partial charge in [0.2, 0.25) is 5.88 Å². The molecular formula is C16H10ClN3O. The predicted octanol–water partition coefficient (Wildman–Crippen LogP) is 3.99. The minimum atomic E-state index is -0.108. The van der Waals surface area contributed by atoms with Crippen molar-refractivity contribution in [3.8, 4) is 11.9 Å². The van der Waals surface area contributed by atoms with Crippen molar-refractivity contribution in [2.45, 2.75) is 0 Å².